The van der Waals surface area contributed by atoms with Crippen molar-refractivity contribution in [3.63, 3.8) is 0 Å². The summed E-state index contributed by atoms with van der Waals surface area (Å²) in [6, 6.07) is 13.9. The maximum absolute atomic E-state index is 12.8. The molecular weight excluding hydrogens is 456 g/mol. The Bertz CT molecular complexity index is 1310. The molecule has 0 bridgehead atoms. The number of hydrogen-bond donors (Lipinski definition) is 1. The van der Waals surface area contributed by atoms with Gasteiger partial charge in [-0.2, -0.15) is 5.10 Å². The molecule has 1 N–H and O–H groups in total. The number of amides is 1. The number of carbonyl (C=O) groups is 1. The Morgan fingerprint density at radius 1 is 1.26 bits per heavy atom. The van der Waals surface area contributed by atoms with E-state index in [-0.39, 0.29) is 11.9 Å². The summed E-state index contributed by atoms with van der Waals surface area (Å²) in [7, 11) is 0. The highest BCUT2D eigenvalue weighted by Gasteiger charge is 2.23. The van der Waals surface area contributed by atoms with Crippen LogP contribution in [0.3, 0.4) is 0 Å². The van der Waals surface area contributed by atoms with Gasteiger partial charge in [-0.1, -0.05) is 28.1 Å². The molecule has 0 aliphatic carbocycles. The van der Waals surface area contributed by atoms with Crippen LogP contribution >= 0.6 is 15.9 Å². The largest absolute Gasteiger partial charge is 0.493 e. The Labute approximate surface area is 188 Å². The maximum atomic E-state index is 12.8. The number of nitrogens with zero attached hydrogens (tertiary/aromatic N) is 3. The van der Waals surface area contributed by atoms with Crippen LogP contribution in [0.5, 0.6) is 5.75 Å². The summed E-state index contributed by atoms with van der Waals surface area (Å²) in [6.45, 7) is 4.66. The summed E-state index contributed by atoms with van der Waals surface area (Å²) in [5, 5.41) is 8.94. The number of hydrogen-bond acceptors (Lipinski definition) is 4. The summed E-state index contributed by atoms with van der Waals surface area (Å²) >= 11 is 3.51. The molecule has 1 amide bonds. The van der Waals surface area contributed by atoms with Crippen molar-refractivity contribution in [2.75, 3.05) is 6.61 Å². The summed E-state index contributed by atoms with van der Waals surface area (Å²) in [5.41, 5.74) is 5.87. The molecule has 0 fully saturated rings. The van der Waals surface area contributed by atoms with Crippen LogP contribution in [-0.4, -0.2) is 27.1 Å². The summed E-state index contributed by atoms with van der Waals surface area (Å²) in [5.74, 6) is 0.870. The van der Waals surface area contributed by atoms with Crippen LogP contribution in [0.2, 0.25) is 0 Å². The lowest BCUT2D eigenvalue weighted by atomic mass is 10.00. The number of ether oxygens (including phenoxy) is 1. The molecule has 7 heteroatoms. The van der Waals surface area contributed by atoms with Crippen molar-refractivity contribution in [3.05, 3.63) is 69.5 Å². The molecule has 158 valence electrons. The first-order chi connectivity index (χ1) is 15.0. The van der Waals surface area contributed by atoms with Crippen molar-refractivity contribution in [1.82, 2.24) is 19.9 Å². The maximum Gasteiger partial charge on any atom is 0.220 e. The highest BCUT2D eigenvalue weighted by Crippen LogP contribution is 2.34. The van der Waals surface area contributed by atoms with Crippen molar-refractivity contribution < 1.29 is 9.53 Å². The minimum Gasteiger partial charge on any atom is -0.493 e. The first-order valence-corrected chi connectivity index (χ1v) is 11.3. The zero-order valence-electron chi connectivity index (χ0n) is 17.5. The number of halogens is 1. The first-order valence-electron chi connectivity index (χ1n) is 10.5. The second-order valence-electron chi connectivity index (χ2n) is 7.95. The van der Waals surface area contributed by atoms with E-state index in [2.05, 4.69) is 21.2 Å². The molecule has 0 radical (unpaired) electrons. The molecule has 6 nitrogen and oxygen atoms in total. The first kappa shape index (κ1) is 20.0. The second kappa shape index (κ2) is 7.96. The molecule has 0 saturated carbocycles. The van der Waals surface area contributed by atoms with E-state index in [0.29, 0.717) is 19.4 Å². The van der Waals surface area contributed by atoms with Gasteiger partial charge in [0.15, 0.2) is 5.65 Å². The molecule has 2 aromatic heterocycles. The Kier molecular flexibility index (Phi) is 5.14. The van der Waals surface area contributed by atoms with E-state index in [0.717, 1.165) is 55.7 Å². The number of aromatic nitrogens is 3. The van der Waals surface area contributed by atoms with Crippen molar-refractivity contribution in [3.8, 4) is 5.75 Å². The predicted octanol–water partition coefficient (Wildman–Crippen LogP) is 4.83. The second-order valence-corrected chi connectivity index (χ2v) is 8.87. The van der Waals surface area contributed by atoms with E-state index in [1.54, 1.807) is 0 Å². The molecule has 3 heterocycles. The van der Waals surface area contributed by atoms with Crippen molar-refractivity contribution in [2.45, 2.75) is 39.2 Å². The zero-order valence-corrected chi connectivity index (χ0v) is 19.1. The third-order valence-electron chi connectivity index (χ3n) is 5.97. The van der Waals surface area contributed by atoms with Gasteiger partial charge >= 0.3 is 0 Å². The van der Waals surface area contributed by atoms with Gasteiger partial charge in [0.25, 0.3) is 0 Å². The molecule has 31 heavy (non-hydrogen) atoms. The molecule has 0 spiro atoms. The average molecular weight is 479 g/mol. The minimum absolute atomic E-state index is 0.0300. The monoisotopic (exact) mass is 478 g/mol. The van der Waals surface area contributed by atoms with Crippen LogP contribution in [0.25, 0.3) is 16.6 Å². The summed E-state index contributed by atoms with van der Waals surface area (Å²) in [4.78, 5) is 17.6. The van der Waals surface area contributed by atoms with Gasteiger partial charge in [0.05, 0.1) is 18.2 Å². The Balaban J connectivity index is 1.35. The lowest BCUT2D eigenvalue weighted by Crippen LogP contribution is -2.32. The molecule has 2 aromatic carbocycles. The molecule has 1 atom stereocenters. The molecule has 4 aromatic rings. The minimum atomic E-state index is -0.0343. The lowest BCUT2D eigenvalue weighted by molar-refractivity contribution is -0.122. The van der Waals surface area contributed by atoms with E-state index in [9.17, 15) is 4.79 Å². The van der Waals surface area contributed by atoms with E-state index in [4.69, 9.17) is 14.8 Å². The van der Waals surface area contributed by atoms with E-state index in [1.165, 1.54) is 0 Å². The number of carbonyl (C=O) groups excluding carboxylic acids is 1. The number of nitrogens with one attached hydrogen (secondary N) is 1. The fraction of sp³-hybridized carbons (Fsp3) is 0.292. The van der Waals surface area contributed by atoms with Crippen molar-refractivity contribution in [1.29, 1.82) is 0 Å². The van der Waals surface area contributed by atoms with Gasteiger partial charge in [0.2, 0.25) is 5.91 Å². The molecular formula is C24H23BrN4O2. The highest BCUT2D eigenvalue weighted by molar-refractivity contribution is 9.10. The third kappa shape index (κ3) is 3.67. The molecule has 5 rings (SSSR count). The quantitative estimate of drug-likeness (QED) is 0.455. The summed E-state index contributed by atoms with van der Waals surface area (Å²) in [6.07, 6.45) is 1.79. The fourth-order valence-corrected chi connectivity index (χ4v) is 4.74. The number of rotatable bonds is 4. The number of benzene rings is 2. The number of fused-ring (bicyclic) bond motifs is 4. The highest BCUT2D eigenvalue weighted by atomic mass is 79.9. The van der Waals surface area contributed by atoms with Crippen LogP contribution < -0.4 is 10.1 Å². The van der Waals surface area contributed by atoms with Gasteiger partial charge in [-0.15, -0.1) is 0 Å². The lowest BCUT2D eigenvalue weighted by Gasteiger charge is -2.27. The standard InChI is InChI=1S/C24H23BrN4O2/c1-14-17(15(2)29-24(26-14)18-5-3-4-6-21(18)28-29)8-10-23(30)27-20-11-12-31-22-9-7-16(25)13-19(20)22/h3-7,9,13,20H,8,10-12H2,1-2H3,(H,27,30). The Morgan fingerprint density at radius 3 is 2.97 bits per heavy atom. The average Bonchev–Trinajstić information content (AvgIpc) is 3.13. The molecule has 0 saturated heterocycles. The van der Waals surface area contributed by atoms with Crippen LogP contribution in [0.15, 0.2) is 46.9 Å². The zero-order chi connectivity index (χ0) is 21.5. The van der Waals surface area contributed by atoms with Gasteiger partial charge in [-0.25, -0.2) is 9.50 Å². The Hall–Kier alpha value is -2.93. The van der Waals surface area contributed by atoms with E-state index < -0.39 is 0 Å². The predicted molar refractivity (Wildman–Crippen MR) is 123 cm³/mol. The van der Waals surface area contributed by atoms with Gasteiger partial charge < -0.3 is 10.1 Å². The summed E-state index contributed by atoms with van der Waals surface area (Å²) < 4.78 is 8.61. The van der Waals surface area contributed by atoms with Crippen LogP contribution in [0.4, 0.5) is 0 Å². The van der Waals surface area contributed by atoms with Crippen LogP contribution in [0, 0.1) is 13.8 Å². The molecule has 1 unspecified atom stereocenters. The Morgan fingerprint density at radius 2 is 2.10 bits per heavy atom. The molecule has 1 aliphatic heterocycles. The van der Waals surface area contributed by atoms with Crippen LogP contribution in [-0.2, 0) is 11.2 Å². The van der Waals surface area contributed by atoms with Gasteiger partial charge in [0, 0.05) is 39.7 Å². The SMILES string of the molecule is Cc1nc2c3ccccc3nn2c(C)c1CCC(=O)NC1CCOc2ccc(Br)cc21. The number of aryl methyl sites for hydroxylation is 2. The van der Waals surface area contributed by atoms with Gasteiger partial charge in [-0.05, 0) is 56.2 Å². The topological polar surface area (TPSA) is 68.5 Å². The smallest absolute Gasteiger partial charge is 0.220 e. The molecule has 1 aliphatic rings. The third-order valence-corrected chi connectivity index (χ3v) is 6.46. The van der Waals surface area contributed by atoms with E-state index >= 15 is 0 Å². The van der Waals surface area contributed by atoms with E-state index in [1.807, 2.05) is 60.8 Å². The van der Waals surface area contributed by atoms with Crippen molar-refractivity contribution in [2.24, 2.45) is 0 Å². The van der Waals surface area contributed by atoms with Gasteiger partial charge in [-0.3, -0.25) is 4.79 Å². The normalized spacial score (nSPS) is 15.6. The van der Waals surface area contributed by atoms with Gasteiger partial charge in [0.1, 0.15) is 5.75 Å². The van der Waals surface area contributed by atoms with Crippen molar-refractivity contribution >= 4 is 38.4 Å². The fourth-order valence-electron chi connectivity index (χ4n) is 4.36. The van der Waals surface area contributed by atoms with Crippen LogP contribution in [0.1, 0.15) is 41.4 Å².